The zero-order valence-corrected chi connectivity index (χ0v) is 11.9. The summed E-state index contributed by atoms with van der Waals surface area (Å²) in [5.41, 5.74) is 1.91. The molecule has 1 N–H and O–H groups in total. The van der Waals surface area contributed by atoms with Gasteiger partial charge in [-0.2, -0.15) is 0 Å². The number of fused-ring (bicyclic) bond motifs is 1. The van der Waals surface area contributed by atoms with E-state index in [4.69, 9.17) is 9.47 Å². The fourth-order valence-corrected chi connectivity index (χ4v) is 2.28. The fourth-order valence-electron chi connectivity index (χ4n) is 2.28. The number of carboxylic acids is 1. The van der Waals surface area contributed by atoms with Crippen LogP contribution in [0, 0.1) is 0 Å². The number of hydrogen-bond acceptors (Lipinski definition) is 3. The summed E-state index contributed by atoms with van der Waals surface area (Å²) in [6.07, 6.45) is 0. The van der Waals surface area contributed by atoms with Gasteiger partial charge in [0.15, 0.2) is 11.5 Å². The average Bonchev–Trinajstić information content (AvgIpc) is 2.94. The molecule has 0 aliphatic carbocycles. The minimum atomic E-state index is -0.895. The number of ether oxygens (including phenoxy) is 2. The second-order valence-corrected chi connectivity index (χ2v) is 5.58. The van der Waals surface area contributed by atoms with Gasteiger partial charge in [0, 0.05) is 0 Å². The predicted molar refractivity (Wildman–Crippen MR) is 78.7 cm³/mol. The minimum Gasteiger partial charge on any atom is -0.481 e. The van der Waals surface area contributed by atoms with Crippen molar-refractivity contribution >= 4 is 5.97 Å². The molecule has 21 heavy (non-hydrogen) atoms. The molecule has 0 bridgehead atoms. The van der Waals surface area contributed by atoms with E-state index in [2.05, 4.69) is 0 Å². The Morgan fingerprint density at radius 2 is 1.62 bits per heavy atom. The summed E-state index contributed by atoms with van der Waals surface area (Å²) in [5.74, 6) is 0.656. The van der Waals surface area contributed by atoms with Crippen LogP contribution in [0.5, 0.6) is 11.5 Å². The molecule has 0 unspecified atom stereocenters. The smallest absolute Gasteiger partial charge is 0.313 e. The summed E-state index contributed by atoms with van der Waals surface area (Å²) in [6.45, 7) is 3.65. The highest BCUT2D eigenvalue weighted by atomic mass is 16.7. The third-order valence-corrected chi connectivity index (χ3v) is 3.85. The van der Waals surface area contributed by atoms with Gasteiger partial charge in [0.25, 0.3) is 0 Å². The van der Waals surface area contributed by atoms with Gasteiger partial charge in [-0.15, -0.1) is 0 Å². The molecule has 2 aromatic carbocycles. The van der Waals surface area contributed by atoms with E-state index in [0.717, 1.165) is 28.2 Å². The van der Waals surface area contributed by atoms with E-state index in [1.807, 2.05) is 42.5 Å². The first kappa shape index (κ1) is 13.5. The lowest BCUT2D eigenvalue weighted by molar-refractivity contribution is -0.142. The van der Waals surface area contributed by atoms with Crippen molar-refractivity contribution < 1.29 is 19.4 Å². The molecule has 0 saturated heterocycles. The van der Waals surface area contributed by atoms with Gasteiger partial charge in [0.1, 0.15) is 0 Å². The number of aliphatic carboxylic acids is 1. The quantitative estimate of drug-likeness (QED) is 0.938. The molecule has 1 aliphatic heterocycles. The predicted octanol–water partition coefficient (Wildman–Crippen LogP) is 3.44. The molecule has 0 atom stereocenters. The van der Waals surface area contributed by atoms with E-state index >= 15 is 0 Å². The minimum absolute atomic E-state index is 0.254. The zero-order valence-electron chi connectivity index (χ0n) is 11.9. The third kappa shape index (κ3) is 2.33. The number of rotatable bonds is 3. The Labute approximate surface area is 122 Å². The van der Waals surface area contributed by atoms with E-state index in [1.165, 1.54) is 0 Å². The molecule has 0 amide bonds. The monoisotopic (exact) mass is 284 g/mol. The van der Waals surface area contributed by atoms with Crippen molar-refractivity contribution in [3.8, 4) is 22.6 Å². The van der Waals surface area contributed by atoms with Gasteiger partial charge in [-0.1, -0.05) is 30.3 Å². The molecular formula is C17H16O4. The van der Waals surface area contributed by atoms with Crippen LogP contribution < -0.4 is 9.47 Å². The number of hydrogen-bond donors (Lipinski definition) is 1. The Bertz CT molecular complexity index is 686. The molecule has 0 radical (unpaired) electrons. The Hall–Kier alpha value is -2.49. The van der Waals surface area contributed by atoms with Gasteiger partial charge >= 0.3 is 5.97 Å². The Kier molecular flexibility index (Phi) is 3.09. The van der Waals surface area contributed by atoms with Gasteiger partial charge in [0.2, 0.25) is 6.79 Å². The van der Waals surface area contributed by atoms with Crippen LogP contribution in [0.4, 0.5) is 0 Å². The van der Waals surface area contributed by atoms with Crippen molar-refractivity contribution in [1.82, 2.24) is 0 Å². The van der Waals surface area contributed by atoms with Crippen LogP contribution in [-0.2, 0) is 10.2 Å². The van der Waals surface area contributed by atoms with E-state index in [1.54, 1.807) is 13.8 Å². The molecular weight excluding hydrogens is 268 g/mol. The Morgan fingerprint density at radius 3 is 2.29 bits per heavy atom. The molecule has 1 heterocycles. The molecule has 0 aromatic heterocycles. The van der Waals surface area contributed by atoms with Gasteiger partial charge in [-0.3, -0.25) is 4.79 Å². The van der Waals surface area contributed by atoms with E-state index < -0.39 is 11.4 Å². The normalized spacial score (nSPS) is 13.2. The van der Waals surface area contributed by atoms with Crippen LogP contribution in [0.25, 0.3) is 11.1 Å². The molecule has 0 fully saturated rings. The highest BCUT2D eigenvalue weighted by Gasteiger charge is 2.29. The molecule has 108 valence electrons. The maximum atomic E-state index is 11.3. The second-order valence-electron chi connectivity index (χ2n) is 5.58. The summed E-state index contributed by atoms with van der Waals surface area (Å²) >= 11 is 0. The lowest BCUT2D eigenvalue weighted by atomic mass is 9.84. The zero-order chi connectivity index (χ0) is 15.0. The van der Waals surface area contributed by atoms with Crippen molar-refractivity contribution in [2.24, 2.45) is 0 Å². The highest BCUT2D eigenvalue weighted by Crippen LogP contribution is 2.36. The lowest BCUT2D eigenvalue weighted by Gasteiger charge is -2.19. The van der Waals surface area contributed by atoms with E-state index in [0.29, 0.717) is 0 Å². The lowest BCUT2D eigenvalue weighted by Crippen LogP contribution is -2.28. The van der Waals surface area contributed by atoms with E-state index in [-0.39, 0.29) is 6.79 Å². The largest absolute Gasteiger partial charge is 0.481 e. The molecule has 0 saturated carbocycles. The summed E-state index contributed by atoms with van der Waals surface area (Å²) in [6, 6.07) is 13.3. The molecule has 0 spiro atoms. The number of carboxylic acid groups (broad SMARTS) is 1. The first-order valence-electron chi connectivity index (χ1n) is 6.72. The van der Waals surface area contributed by atoms with E-state index in [9.17, 15) is 9.90 Å². The van der Waals surface area contributed by atoms with Crippen LogP contribution in [-0.4, -0.2) is 17.9 Å². The van der Waals surface area contributed by atoms with Gasteiger partial charge in [-0.05, 0) is 42.7 Å². The average molecular weight is 284 g/mol. The third-order valence-electron chi connectivity index (χ3n) is 3.85. The fraction of sp³-hybridized carbons (Fsp3) is 0.235. The van der Waals surface area contributed by atoms with Gasteiger partial charge in [-0.25, -0.2) is 0 Å². The number of carbonyl (C=O) groups is 1. The second kappa shape index (κ2) is 4.81. The molecule has 2 aromatic rings. The van der Waals surface area contributed by atoms with Crippen molar-refractivity contribution in [3.63, 3.8) is 0 Å². The first-order chi connectivity index (χ1) is 9.98. The van der Waals surface area contributed by atoms with Gasteiger partial charge < -0.3 is 14.6 Å². The summed E-state index contributed by atoms with van der Waals surface area (Å²) in [4.78, 5) is 11.3. The Balaban J connectivity index is 1.93. The first-order valence-corrected chi connectivity index (χ1v) is 6.72. The van der Waals surface area contributed by atoms with Crippen LogP contribution in [0.2, 0.25) is 0 Å². The van der Waals surface area contributed by atoms with Crippen LogP contribution in [0.1, 0.15) is 19.4 Å². The maximum absolute atomic E-state index is 11.3. The maximum Gasteiger partial charge on any atom is 0.313 e. The molecule has 1 aliphatic rings. The summed E-state index contributed by atoms with van der Waals surface area (Å²) < 4.78 is 10.7. The van der Waals surface area contributed by atoms with Gasteiger partial charge in [0.05, 0.1) is 5.41 Å². The molecule has 4 nitrogen and oxygen atoms in total. The molecule has 4 heteroatoms. The van der Waals surface area contributed by atoms with Crippen LogP contribution in [0.3, 0.4) is 0 Å². The standard InChI is InChI=1S/C17H16O4/c1-17(2,16(18)19)13-6-3-11(4-7-13)12-5-8-14-15(9-12)21-10-20-14/h3-9H,10H2,1-2H3,(H,18,19). The topological polar surface area (TPSA) is 55.8 Å². The van der Waals surface area contributed by atoms with Crippen LogP contribution >= 0.6 is 0 Å². The number of benzene rings is 2. The van der Waals surface area contributed by atoms with Crippen molar-refractivity contribution in [2.45, 2.75) is 19.3 Å². The summed E-state index contributed by atoms with van der Waals surface area (Å²) in [7, 11) is 0. The van der Waals surface area contributed by atoms with Crippen molar-refractivity contribution in [1.29, 1.82) is 0 Å². The van der Waals surface area contributed by atoms with Crippen molar-refractivity contribution in [2.75, 3.05) is 6.79 Å². The molecule has 3 rings (SSSR count). The SMILES string of the molecule is CC(C)(C(=O)O)c1ccc(-c2ccc3c(c2)OCO3)cc1. The summed E-state index contributed by atoms with van der Waals surface area (Å²) in [5, 5.41) is 9.26. The van der Waals surface area contributed by atoms with Crippen molar-refractivity contribution in [3.05, 3.63) is 48.0 Å². The highest BCUT2D eigenvalue weighted by molar-refractivity contribution is 5.80. The van der Waals surface area contributed by atoms with Crippen LogP contribution in [0.15, 0.2) is 42.5 Å². The Morgan fingerprint density at radius 1 is 1.00 bits per heavy atom.